The minimum atomic E-state index is -0.745. The van der Waals surface area contributed by atoms with Gasteiger partial charge in [0.25, 0.3) is 0 Å². The molecule has 3 aromatic rings. The normalized spacial score (nSPS) is 9.25. The molecule has 0 aliphatic rings. The first-order valence-electron chi connectivity index (χ1n) is 10.5. The van der Waals surface area contributed by atoms with Crippen LogP contribution in [0, 0.1) is 0 Å². The SMILES string of the molecule is CCC(=O)O.CCc1cc(Cl)nnc1OC.CCc1cc(OC)nnc1Cl.COc1ccc(Cl)nn1. The lowest BCUT2D eigenvalue weighted by Crippen LogP contribution is -1.95. The van der Waals surface area contributed by atoms with E-state index in [1.807, 2.05) is 13.8 Å². The summed E-state index contributed by atoms with van der Waals surface area (Å²) in [6, 6.07) is 6.81. The van der Waals surface area contributed by atoms with E-state index in [4.69, 9.17) is 54.1 Å². The predicted octanol–water partition coefficient (Wildman–Crippen LogP) is 5.02. The van der Waals surface area contributed by atoms with Gasteiger partial charge in [0, 0.05) is 24.1 Å². The van der Waals surface area contributed by atoms with Gasteiger partial charge in [-0.15, -0.1) is 30.6 Å². The summed E-state index contributed by atoms with van der Waals surface area (Å²) in [5.41, 5.74) is 1.94. The lowest BCUT2D eigenvalue weighted by Gasteiger charge is -2.02. The molecule has 0 radical (unpaired) electrons. The molecule has 3 rings (SSSR count). The van der Waals surface area contributed by atoms with Crippen molar-refractivity contribution in [3.63, 3.8) is 0 Å². The zero-order valence-electron chi connectivity index (χ0n) is 20.8. The monoisotopic (exact) mass is 562 g/mol. The van der Waals surface area contributed by atoms with Gasteiger partial charge < -0.3 is 19.3 Å². The quantitative estimate of drug-likeness (QED) is 0.432. The first kappa shape index (κ1) is 33.0. The third-order valence-electron chi connectivity index (χ3n) is 3.89. The Balaban J connectivity index is 0.000000470. The van der Waals surface area contributed by atoms with Crippen LogP contribution in [-0.4, -0.2) is 63.0 Å². The van der Waals surface area contributed by atoms with Crippen molar-refractivity contribution in [1.29, 1.82) is 0 Å². The maximum Gasteiger partial charge on any atom is 0.303 e. The first-order valence-corrected chi connectivity index (χ1v) is 11.7. The highest BCUT2D eigenvalue weighted by Crippen LogP contribution is 2.17. The molecule has 3 aromatic heterocycles. The molecule has 0 bridgehead atoms. The van der Waals surface area contributed by atoms with Crippen LogP contribution in [0.5, 0.6) is 17.6 Å². The van der Waals surface area contributed by atoms with Gasteiger partial charge >= 0.3 is 5.97 Å². The Kier molecular flexibility index (Phi) is 17.6. The van der Waals surface area contributed by atoms with Crippen molar-refractivity contribution in [3.8, 4) is 17.6 Å². The second-order valence-corrected chi connectivity index (χ2v) is 7.39. The second-order valence-electron chi connectivity index (χ2n) is 6.26. The number of hydrogen-bond acceptors (Lipinski definition) is 10. The molecule has 0 unspecified atom stereocenters. The van der Waals surface area contributed by atoms with Crippen LogP contribution in [0.1, 0.15) is 38.3 Å². The van der Waals surface area contributed by atoms with Gasteiger partial charge in [-0.3, -0.25) is 4.79 Å². The molecule has 36 heavy (non-hydrogen) atoms. The summed E-state index contributed by atoms with van der Waals surface area (Å²) in [5, 5.41) is 30.9. The number of aliphatic carboxylic acids is 1. The van der Waals surface area contributed by atoms with Gasteiger partial charge in [-0.05, 0) is 30.5 Å². The second kappa shape index (κ2) is 19.2. The minimum absolute atomic E-state index is 0.222. The number of methoxy groups -OCH3 is 3. The number of nitrogens with zero attached hydrogens (tertiary/aromatic N) is 6. The molecule has 0 atom stereocenters. The van der Waals surface area contributed by atoms with Gasteiger partial charge in [0.2, 0.25) is 17.6 Å². The number of hydrogen-bond donors (Lipinski definition) is 1. The largest absolute Gasteiger partial charge is 0.481 e. The van der Waals surface area contributed by atoms with Crippen LogP contribution in [0.4, 0.5) is 0 Å². The number of carbonyl (C=O) groups is 1. The van der Waals surface area contributed by atoms with Gasteiger partial charge in [-0.2, -0.15) is 0 Å². The van der Waals surface area contributed by atoms with E-state index in [2.05, 4.69) is 30.6 Å². The van der Waals surface area contributed by atoms with Gasteiger partial charge in [0.1, 0.15) is 0 Å². The fourth-order valence-corrected chi connectivity index (χ4v) is 2.47. The summed E-state index contributed by atoms with van der Waals surface area (Å²) in [7, 11) is 4.65. The van der Waals surface area contributed by atoms with Crippen LogP contribution in [-0.2, 0) is 17.6 Å². The minimum Gasteiger partial charge on any atom is -0.481 e. The molecule has 0 saturated heterocycles. The molecule has 0 spiro atoms. The standard InChI is InChI=1S/2C7H9ClN2O.C5H5ClN2O.C3H6O2/c1-3-5-4-6(11-2)9-10-7(5)8;1-3-5-4-6(8)9-10-7(5)11-2;1-9-5-3-2-4(6)7-8-5;1-2-3(4)5/h2*4H,3H2,1-2H3;2-3H,1H3;2H2,1H3,(H,4,5). The van der Waals surface area contributed by atoms with Gasteiger partial charge in [0.05, 0.1) is 21.3 Å². The Bertz CT molecular complexity index is 1050. The fourth-order valence-electron chi connectivity index (χ4n) is 1.97. The molecule has 198 valence electrons. The number of ether oxygens (including phenoxy) is 3. The molecule has 0 aliphatic heterocycles. The third-order valence-corrected chi connectivity index (χ3v) is 4.59. The van der Waals surface area contributed by atoms with Gasteiger partial charge in [-0.25, -0.2) is 0 Å². The number of rotatable bonds is 6. The molecule has 0 aromatic carbocycles. The number of aryl methyl sites for hydroxylation is 2. The van der Waals surface area contributed by atoms with E-state index in [1.165, 1.54) is 7.11 Å². The van der Waals surface area contributed by atoms with E-state index in [9.17, 15) is 4.79 Å². The molecule has 1 N–H and O–H groups in total. The maximum atomic E-state index is 9.37. The van der Waals surface area contributed by atoms with Crippen molar-refractivity contribution in [2.45, 2.75) is 40.0 Å². The van der Waals surface area contributed by atoms with E-state index in [-0.39, 0.29) is 6.42 Å². The molecule has 0 fully saturated rings. The van der Waals surface area contributed by atoms with Crippen molar-refractivity contribution < 1.29 is 24.1 Å². The number of halogens is 3. The van der Waals surface area contributed by atoms with E-state index in [0.717, 1.165) is 24.0 Å². The van der Waals surface area contributed by atoms with Gasteiger partial charge in [-0.1, -0.05) is 55.6 Å². The molecular weight excluding hydrogens is 535 g/mol. The highest BCUT2D eigenvalue weighted by molar-refractivity contribution is 6.30. The molecule has 14 heteroatoms. The maximum absolute atomic E-state index is 9.37. The summed E-state index contributed by atoms with van der Waals surface area (Å²) >= 11 is 16.8. The number of carboxylic acid groups (broad SMARTS) is 1. The number of carboxylic acids is 1. The van der Waals surface area contributed by atoms with Gasteiger partial charge in [0.15, 0.2) is 15.5 Å². The van der Waals surface area contributed by atoms with Crippen molar-refractivity contribution in [1.82, 2.24) is 30.6 Å². The van der Waals surface area contributed by atoms with Crippen LogP contribution in [0.25, 0.3) is 0 Å². The smallest absolute Gasteiger partial charge is 0.303 e. The van der Waals surface area contributed by atoms with E-state index >= 15 is 0 Å². The number of aromatic nitrogens is 6. The summed E-state index contributed by atoms with van der Waals surface area (Å²) in [6.07, 6.45) is 1.91. The molecule has 0 amide bonds. The highest BCUT2D eigenvalue weighted by atomic mass is 35.5. The average molecular weight is 564 g/mol. The molecule has 0 saturated carbocycles. The van der Waals surface area contributed by atoms with Crippen LogP contribution in [0.15, 0.2) is 24.3 Å². The van der Waals surface area contributed by atoms with Crippen LogP contribution in [0.2, 0.25) is 15.5 Å². The molecule has 11 nitrogen and oxygen atoms in total. The van der Waals surface area contributed by atoms with Crippen LogP contribution >= 0.6 is 34.8 Å². The Labute approximate surface area is 225 Å². The summed E-state index contributed by atoms with van der Waals surface area (Å²) in [6.45, 7) is 5.61. The van der Waals surface area contributed by atoms with E-state index in [1.54, 1.807) is 45.4 Å². The topological polar surface area (TPSA) is 142 Å². The Morgan fingerprint density at radius 1 is 0.750 bits per heavy atom. The van der Waals surface area contributed by atoms with Crippen molar-refractivity contribution in [3.05, 3.63) is 50.9 Å². The first-order chi connectivity index (χ1) is 17.1. The molecular formula is C22H29Cl3N6O5. The van der Waals surface area contributed by atoms with Crippen molar-refractivity contribution >= 4 is 40.8 Å². The van der Waals surface area contributed by atoms with Crippen molar-refractivity contribution in [2.75, 3.05) is 21.3 Å². The van der Waals surface area contributed by atoms with E-state index in [0.29, 0.717) is 33.1 Å². The predicted molar refractivity (Wildman–Crippen MR) is 137 cm³/mol. The molecule has 0 aliphatic carbocycles. The zero-order valence-corrected chi connectivity index (χ0v) is 23.1. The Morgan fingerprint density at radius 2 is 1.31 bits per heavy atom. The van der Waals surface area contributed by atoms with Crippen molar-refractivity contribution in [2.24, 2.45) is 0 Å². The van der Waals surface area contributed by atoms with E-state index < -0.39 is 5.97 Å². The highest BCUT2D eigenvalue weighted by Gasteiger charge is 2.03. The summed E-state index contributed by atoms with van der Waals surface area (Å²) in [4.78, 5) is 9.37. The average Bonchev–Trinajstić information content (AvgIpc) is 2.90. The molecule has 3 heterocycles. The van der Waals surface area contributed by atoms with Crippen LogP contribution in [0.3, 0.4) is 0 Å². The third kappa shape index (κ3) is 13.8. The fraction of sp³-hybridized carbons (Fsp3) is 0.409. The summed E-state index contributed by atoms with van der Waals surface area (Å²) < 4.78 is 14.6. The zero-order chi connectivity index (χ0) is 27.5. The Morgan fingerprint density at radius 3 is 1.75 bits per heavy atom. The van der Waals surface area contributed by atoms with Crippen LogP contribution < -0.4 is 14.2 Å². The summed E-state index contributed by atoms with van der Waals surface area (Å²) in [5.74, 6) is 0.785. The Hall–Kier alpha value is -3.02. The lowest BCUT2D eigenvalue weighted by atomic mass is 10.2. The lowest BCUT2D eigenvalue weighted by molar-refractivity contribution is -0.136.